The fourth-order valence-electron chi connectivity index (χ4n) is 2.68. The minimum absolute atomic E-state index is 0.156. The third-order valence-electron chi connectivity index (χ3n) is 4.55. The lowest BCUT2D eigenvalue weighted by molar-refractivity contribution is -0.154. The number of carbonyl (C=O) groups is 2. The molecule has 1 rings (SSSR count). The van der Waals surface area contributed by atoms with Crippen molar-refractivity contribution in [2.24, 2.45) is 16.6 Å². The molecule has 0 aromatic rings. The summed E-state index contributed by atoms with van der Waals surface area (Å²) in [5.41, 5.74) is 5.15. The van der Waals surface area contributed by atoms with Gasteiger partial charge in [-0.25, -0.2) is 0 Å². The number of imide groups is 1. The zero-order chi connectivity index (χ0) is 17.3. The molecule has 1 fully saturated rings. The van der Waals surface area contributed by atoms with Gasteiger partial charge in [-0.15, -0.1) is 0 Å². The molecule has 0 bridgehead atoms. The van der Waals surface area contributed by atoms with Crippen LogP contribution in [0, 0.1) is 10.8 Å². The second-order valence-corrected chi connectivity index (χ2v) is 8.10. The van der Waals surface area contributed by atoms with E-state index in [0.29, 0.717) is 12.8 Å². The number of piperidine rings is 1. The van der Waals surface area contributed by atoms with Crippen LogP contribution in [-0.4, -0.2) is 40.3 Å². The number of nitrogens with two attached hydrogens (primary N) is 1. The van der Waals surface area contributed by atoms with Crippen LogP contribution in [0.25, 0.3) is 0 Å². The number of nitrogens with zero attached hydrogens (tertiary/aromatic N) is 1. The first kappa shape index (κ1) is 19.1. The lowest BCUT2D eigenvalue weighted by atomic mass is 9.79. The fraction of sp³-hybridized carbons (Fsp3) is 0.875. The average molecular weight is 313 g/mol. The summed E-state index contributed by atoms with van der Waals surface area (Å²) in [6.07, 6.45) is 1.54. The number of carbonyl (C=O) groups excluding carboxylic acids is 2. The first-order chi connectivity index (χ1) is 9.77. The summed E-state index contributed by atoms with van der Waals surface area (Å²) in [5, 5.41) is 12.8. The van der Waals surface area contributed by atoms with E-state index in [4.69, 9.17) is 5.73 Å². The smallest absolute Gasteiger partial charge is 0.229 e. The van der Waals surface area contributed by atoms with E-state index in [1.54, 1.807) is 0 Å². The van der Waals surface area contributed by atoms with Crippen LogP contribution in [0.4, 0.5) is 0 Å². The van der Waals surface area contributed by atoms with Crippen molar-refractivity contribution in [2.75, 3.05) is 6.54 Å². The van der Waals surface area contributed by atoms with Gasteiger partial charge < -0.3 is 5.11 Å². The Labute approximate surface area is 133 Å². The lowest BCUT2D eigenvalue weighted by Crippen LogP contribution is -2.63. The number of nitrogens with one attached hydrogen (secondary N) is 1. The Kier molecular flexibility index (Phi) is 5.42. The van der Waals surface area contributed by atoms with Crippen molar-refractivity contribution < 1.29 is 14.7 Å². The molecule has 128 valence electrons. The predicted molar refractivity (Wildman–Crippen MR) is 85.5 cm³/mol. The van der Waals surface area contributed by atoms with Crippen LogP contribution in [0.1, 0.15) is 60.8 Å². The minimum atomic E-state index is -1.56. The van der Waals surface area contributed by atoms with Gasteiger partial charge in [0.15, 0.2) is 5.85 Å². The van der Waals surface area contributed by atoms with E-state index < -0.39 is 5.85 Å². The van der Waals surface area contributed by atoms with Crippen LogP contribution in [0.15, 0.2) is 0 Å². The van der Waals surface area contributed by atoms with Gasteiger partial charge in [-0.2, -0.15) is 0 Å². The summed E-state index contributed by atoms with van der Waals surface area (Å²) in [5.74, 6) is -1.87. The Balaban J connectivity index is 2.94. The largest absolute Gasteiger partial charge is 0.363 e. The zero-order valence-electron chi connectivity index (χ0n) is 14.7. The highest BCUT2D eigenvalue weighted by molar-refractivity contribution is 5.98. The van der Waals surface area contributed by atoms with E-state index in [0.717, 1.165) is 6.42 Å². The molecular formula is C16H31N3O3. The van der Waals surface area contributed by atoms with Crippen LogP contribution in [0.3, 0.4) is 0 Å². The quantitative estimate of drug-likeness (QED) is 0.505. The van der Waals surface area contributed by atoms with Gasteiger partial charge in [-0.1, -0.05) is 34.6 Å². The molecule has 1 unspecified atom stereocenters. The van der Waals surface area contributed by atoms with Crippen molar-refractivity contribution in [1.29, 1.82) is 0 Å². The number of likely N-dealkylation sites (tertiary alicyclic amines) is 1. The zero-order valence-corrected chi connectivity index (χ0v) is 14.7. The van der Waals surface area contributed by atoms with Crippen molar-refractivity contribution in [3.63, 3.8) is 0 Å². The summed E-state index contributed by atoms with van der Waals surface area (Å²) in [6.45, 7) is 11.6. The Morgan fingerprint density at radius 1 is 1.27 bits per heavy atom. The highest BCUT2D eigenvalue weighted by Crippen LogP contribution is 2.33. The summed E-state index contributed by atoms with van der Waals surface area (Å²) in [4.78, 5) is 26.0. The Morgan fingerprint density at radius 3 is 2.09 bits per heavy atom. The first-order valence-corrected chi connectivity index (χ1v) is 7.89. The Bertz CT molecular complexity index is 418. The number of rotatable bonds is 6. The molecule has 1 aliphatic heterocycles. The Hall–Kier alpha value is -0.980. The van der Waals surface area contributed by atoms with Gasteiger partial charge in [0.05, 0.1) is 0 Å². The number of hydrogen-bond acceptors (Lipinski definition) is 5. The molecular weight excluding hydrogens is 282 g/mol. The molecule has 6 heteroatoms. The molecule has 1 heterocycles. The van der Waals surface area contributed by atoms with Crippen molar-refractivity contribution in [2.45, 2.75) is 72.7 Å². The fourth-order valence-corrected chi connectivity index (χ4v) is 2.68. The molecule has 0 saturated carbocycles. The van der Waals surface area contributed by atoms with Crippen molar-refractivity contribution >= 4 is 11.8 Å². The van der Waals surface area contributed by atoms with Crippen molar-refractivity contribution in [3.8, 4) is 0 Å². The van der Waals surface area contributed by atoms with Crippen LogP contribution in [0.2, 0.25) is 0 Å². The van der Waals surface area contributed by atoms with Crippen LogP contribution in [-0.2, 0) is 9.59 Å². The van der Waals surface area contributed by atoms with Gasteiger partial charge in [0.1, 0.15) is 0 Å². The molecule has 4 N–H and O–H groups in total. The third-order valence-corrected chi connectivity index (χ3v) is 4.55. The molecule has 1 aliphatic rings. The maximum Gasteiger partial charge on any atom is 0.229 e. The van der Waals surface area contributed by atoms with Gasteiger partial charge in [0, 0.05) is 25.4 Å². The van der Waals surface area contributed by atoms with E-state index in [1.807, 2.05) is 34.6 Å². The molecule has 2 atom stereocenters. The van der Waals surface area contributed by atoms with Crippen LogP contribution in [0.5, 0.6) is 0 Å². The lowest BCUT2D eigenvalue weighted by Gasteiger charge is -2.42. The van der Waals surface area contributed by atoms with Crippen LogP contribution < -0.4 is 11.1 Å². The van der Waals surface area contributed by atoms with Gasteiger partial charge in [-0.3, -0.25) is 25.5 Å². The number of hydrogen-bond donors (Lipinski definition) is 3. The van der Waals surface area contributed by atoms with Gasteiger partial charge in [0.25, 0.3) is 0 Å². The SMILES string of the molecule is CCC(C)(C)[C@@H](CN1C(=O)CC(C)(C)CC1=O)NC(C)(N)O. The third kappa shape index (κ3) is 5.04. The second kappa shape index (κ2) is 6.26. The Morgan fingerprint density at radius 2 is 1.73 bits per heavy atom. The molecule has 2 amide bonds. The highest BCUT2D eigenvalue weighted by atomic mass is 16.3. The van der Waals surface area contributed by atoms with E-state index >= 15 is 0 Å². The van der Waals surface area contributed by atoms with E-state index in [9.17, 15) is 14.7 Å². The molecule has 0 radical (unpaired) electrons. The van der Waals surface area contributed by atoms with E-state index in [2.05, 4.69) is 5.32 Å². The van der Waals surface area contributed by atoms with Gasteiger partial charge in [-0.05, 0) is 24.2 Å². The van der Waals surface area contributed by atoms with Crippen molar-refractivity contribution in [3.05, 3.63) is 0 Å². The number of amides is 2. The molecule has 0 aromatic heterocycles. The normalized spacial score (nSPS) is 23.4. The van der Waals surface area contributed by atoms with Crippen LogP contribution >= 0.6 is 0 Å². The molecule has 0 spiro atoms. The summed E-state index contributed by atoms with van der Waals surface area (Å²) < 4.78 is 0. The van der Waals surface area contributed by atoms with E-state index in [-0.39, 0.29) is 35.2 Å². The molecule has 1 saturated heterocycles. The van der Waals surface area contributed by atoms with E-state index in [1.165, 1.54) is 11.8 Å². The monoisotopic (exact) mass is 313 g/mol. The summed E-state index contributed by atoms with van der Waals surface area (Å²) in [7, 11) is 0. The maximum absolute atomic E-state index is 12.3. The molecule has 0 aromatic carbocycles. The van der Waals surface area contributed by atoms with Crippen molar-refractivity contribution in [1.82, 2.24) is 10.2 Å². The predicted octanol–water partition coefficient (Wildman–Crippen LogP) is 1.18. The first-order valence-electron chi connectivity index (χ1n) is 7.89. The summed E-state index contributed by atoms with van der Waals surface area (Å²) in [6, 6.07) is -0.286. The molecule has 22 heavy (non-hydrogen) atoms. The highest BCUT2D eigenvalue weighted by Gasteiger charge is 2.41. The standard InChI is InChI=1S/C16H31N3O3/c1-7-15(4,5)11(18-16(6,17)22)10-19-12(20)8-14(2,3)9-13(19)21/h11,18,22H,7-10,17H2,1-6H3/t11-,16?/m1/s1. The molecule has 6 nitrogen and oxygen atoms in total. The topological polar surface area (TPSA) is 95.7 Å². The second-order valence-electron chi connectivity index (χ2n) is 8.10. The number of aliphatic hydroxyl groups is 1. The minimum Gasteiger partial charge on any atom is -0.363 e. The molecule has 0 aliphatic carbocycles. The van der Waals surface area contributed by atoms with Gasteiger partial charge >= 0.3 is 0 Å². The van der Waals surface area contributed by atoms with Gasteiger partial charge in [0.2, 0.25) is 11.8 Å². The maximum atomic E-state index is 12.3. The average Bonchev–Trinajstić information content (AvgIpc) is 2.29. The summed E-state index contributed by atoms with van der Waals surface area (Å²) >= 11 is 0.